The lowest BCUT2D eigenvalue weighted by Crippen LogP contribution is -2.25. The molecule has 0 spiro atoms. The maximum absolute atomic E-state index is 6.22. The van der Waals surface area contributed by atoms with Crippen LogP contribution in [0, 0.1) is 0 Å². The second-order valence-corrected chi connectivity index (χ2v) is 5.13. The second-order valence-electron chi connectivity index (χ2n) is 3.95. The lowest BCUT2D eigenvalue weighted by atomic mass is 10.1. The van der Waals surface area contributed by atoms with E-state index in [0.29, 0.717) is 5.02 Å². The first-order valence-electron chi connectivity index (χ1n) is 5.67. The Kier molecular flexibility index (Phi) is 4.20. The van der Waals surface area contributed by atoms with E-state index < -0.39 is 0 Å². The highest BCUT2D eigenvalue weighted by Crippen LogP contribution is 2.28. The van der Waals surface area contributed by atoms with Gasteiger partial charge >= 0.3 is 0 Å². The van der Waals surface area contributed by atoms with Gasteiger partial charge in [-0.05, 0) is 35.4 Å². The van der Waals surface area contributed by atoms with E-state index in [4.69, 9.17) is 11.6 Å². The molecule has 0 radical (unpaired) electrons. The smallest absolute Gasteiger partial charge is 0.0837 e. The third-order valence-electron chi connectivity index (χ3n) is 2.69. The fourth-order valence-electron chi connectivity index (χ4n) is 1.85. The molecule has 92 valence electrons. The van der Waals surface area contributed by atoms with Crippen molar-refractivity contribution >= 4 is 22.9 Å². The van der Waals surface area contributed by atoms with Crippen molar-refractivity contribution < 1.29 is 0 Å². The first kappa shape index (κ1) is 12.6. The minimum Gasteiger partial charge on any atom is -0.305 e. The molecule has 0 aliphatic rings. The average Bonchev–Trinajstić information content (AvgIpc) is 2.93. The maximum atomic E-state index is 6.22. The van der Waals surface area contributed by atoms with Crippen LogP contribution in [0.4, 0.5) is 0 Å². The quantitative estimate of drug-likeness (QED) is 0.903. The molecule has 0 aromatic carbocycles. The third kappa shape index (κ3) is 2.70. The molecule has 2 rings (SSSR count). The lowest BCUT2D eigenvalue weighted by Gasteiger charge is -2.18. The summed E-state index contributed by atoms with van der Waals surface area (Å²) in [6, 6.07) is 2.25. The van der Waals surface area contributed by atoms with Crippen LogP contribution >= 0.6 is 22.9 Å². The molecule has 0 fully saturated rings. The van der Waals surface area contributed by atoms with Gasteiger partial charge in [-0.15, -0.1) is 0 Å². The Labute approximate surface area is 110 Å². The van der Waals surface area contributed by atoms with E-state index in [0.717, 1.165) is 18.7 Å². The number of nitrogens with one attached hydrogen (secondary N) is 1. The first-order valence-corrected chi connectivity index (χ1v) is 6.99. The summed E-state index contributed by atoms with van der Waals surface area (Å²) in [7, 11) is 1.92. The Morgan fingerprint density at radius 1 is 1.59 bits per heavy atom. The Morgan fingerprint density at radius 2 is 2.41 bits per heavy atom. The predicted octanol–water partition coefficient (Wildman–Crippen LogP) is 3.22. The van der Waals surface area contributed by atoms with Crippen molar-refractivity contribution in [2.24, 2.45) is 7.05 Å². The van der Waals surface area contributed by atoms with Crippen molar-refractivity contribution in [1.82, 2.24) is 15.1 Å². The van der Waals surface area contributed by atoms with Gasteiger partial charge in [-0.3, -0.25) is 4.68 Å². The maximum Gasteiger partial charge on any atom is 0.0837 e. The number of aromatic nitrogens is 2. The highest BCUT2D eigenvalue weighted by atomic mass is 35.5. The van der Waals surface area contributed by atoms with E-state index >= 15 is 0 Å². The molecule has 3 nitrogen and oxygen atoms in total. The van der Waals surface area contributed by atoms with E-state index in [2.05, 4.69) is 34.2 Å². The number of halogens is 1. The Bertz CT molecular complexity index is 445. The van der Waals surface area contributed by atoms with Gasteiger partial charge in [-0.25, -0.2) is 0 Å². The van der Waals surface area contributed by atoms with Gasteiger partial charge in [-0.2, -0.15) is 16.4 Å². The summed E-state index contributed by atoms with van der Waals surface area (Å²) in [5.74, 6) is 0. The molecule has 0 saturated carbocycles. The second kappa shape index (κ2) is 5.67. The highest BCUT2D eigenvalue weighted by molar-refractivity contribution is 7.08. The van der Waals surface area contributed by atoms with Crippen molar-refractivity contribution in [3.05, 3.63) is 39.3 Å². The molecule has 1 atom stereocenters. The number of hydrogen-bond acceptors (Lipinski definition) is 3. The van der Waals surface area contributed by atoms with Crippen molar-refractivity contribution in [3.63, 3.8) is 0 Å². The minimum atomic E-state index is 0.126. The summed E-state index contributed by atoms with van der Waals surface area (Å²) >= 11 is 7.91. The molecular formula is C12H16ClN3S. The Hall–Kier alpha value is -0.840. The fourth-order valence-corrected chi connectivity index (χ4v) is 2.81. The van der Waals surface area contributed by atoms with Gasteiger partial charge < -0.3 is 5.32 Å². The van der Waals surface area contributed by atoms with E-state index in [1.165, 1.54) is 5.56 Å². The first-order chi connectivity index (χ1) is 8.24. The summed E-state index contributed by atoms with van der Waals surface area (Å²) in [5, 5.41) is 12.7. The SMILES string of the molecule is CCCNC(c1ccsc1)c1c(Cl)cnn1C. The Balaban J connectivity index is 2.33. The summed E-state index contributed by atoms with van der Waals surface area (Å²) < 4.78 is 1.84. The van der Waals surface area contributed by atoms with Crippen LogP contribution in [0.1, 0.15) is 30.6 Å². The van der Waals surface area contributed by atoms with Gasteiger partial charge in [-0.1, -0.05) is 18.5 Å². The molecule has 0 amide bonds. The van der Waals surface area contributed by atoms with Crippen molar-refractivity contribution in [2.45, 2.75) is 19.4 Å². The predicted molar refractivity (Wildman–Crippen MR) is 72.7 cm³/mol. The molecule has 5 heteroatoms. The summed E-state index contributed by atoms with van der Waals surface area (Å²) in [5.41, 5.74) is 2.27. The molecule has 2 aromatic rings. The summed E-state index contributed by atoms with van der Waals surface area (Å²) in [6.07, 6.45) is 2.79. The zero-order valence-electron chi connectivity index (χ0n) is 9.98. The van der Waals surface area contributed by atoms with Gasteiger partial charge in [0, 0.05) is 7.05 Å². The topological polar surface area (TPSA) is 29.9 Å². The van der Waals surface area contributed by atoms with Crippen molar-refractivity contribution in [3.8, 4) is 0 Å². The van der Waals surface area contributed by atoms with Crippen molar-refractivity contribution in [1.29, 1.82) is 0 Å². The molecule has 1 N–H and O–H groups in total. The highest BCUT2D eigenvalue weighted by Gasteiger charge is 2.20. The lowest BCUT2D eigenvalue weighted by molar-refractivity contribution is 0.555. The van der Waals surface area contributed by atoms with Crippen LogP contribution in [0.5, 0.6) is 0 Å². The molecule has 2 heterocycles. The molecular weight excluding hydrogens is 254 g/mol. The minimum absolute atomic E-state index is 0.126. The number of rotatable bonds is 5. The zero-order valence-corrected chi connectivity index (χ0v) is 11.6. The van der Waals surface area contributed by atoms with E-state index in [1.807, 2.05) is 11.7 Å². The molecule has 0 bridgehead atoms. The van der Waals surface area contributed by atoms with E-state index in [1.54, 1.807) is 17.5 Å². The molecule has 0 aliphatic carbocycles. The number of thiophene rings is 1. The van der Waals surface area contributed by atoms with E-state index in [-0.39, 0.29) is 6.04 Å². The summed E-state index contributed by atoms with van der Waals surface area (Å²) in [4.78, 5) is 0. The number of nitrogens with zero attached hydrogens (tertiary/aromatic N) is 2. The largest absolute Gasteiger partial charge is 0.305 e. The molecule has 1 unspecified atom stereocenters. The van der Waals surface area contributed by atoms with E-state index in [9.17, 15) is 0 Å². The van der Waals surface area contributed by atoms with Crippen molar-refractivity contribution in [2.75, 3.05) is 6.54 Å². The van der Waals surface area contributed by atoms with Crippen LogP contribution < -0.4 is 5.32 Å². The van der Waals surface area contributed by atoms with Crippen LogP contribution in [0.3, 0.4) is 0 Å². The van der Waals surface area contributed by atoms with Crippen LogP contribution in [0.15, 0.2) is 23.0 Å². The molecule has 2 aromatic heterocycles. The Morgan fingerprint density at radius 3 is 2.94 bits per heavy atom. The van der Waals surface area contributed by atoms with Gasteiger partial charge in [0.05, 0.1) is 23.0 Å². The van der Waals surface area contributed by atoms with Crippen LogP contribution in [-0.2, 0) is 7.05 Å². The average molecular weight is 270 g/mol. The molecule has 0 aliphatic heterocycles. The summed E-state index contributed by atoms with van der Waals surface area (Å²) in [6.45, 7) is 3.12. The van der Waals surface area contributed by atoms with Crippen LogP contribution in [-0.4, -0.2) is 16.3 Å². The molecule has 0 saturated heterocycles. The van der Waals surface area contributed by atoms with Gasteiger partial charge in [0.15, 0.2) is 0 Å². The van der Waals surface area contributed by atoms with Crippen LogP contribution in [0.2, 0.25) is 5.02 Å². The monoisotopic (exact) mass is 269 g/mol. The van der Waals surface area contributed by atoms with Gasteiger partial charge in [0.2, 0.25) is 0 Å². The normalized spacial score (nSPS) is 12.9. The number of aryl methyl sites for hydroxylation is 1. The van der Waals surface area contributed by atoms with Crippen LogP contribution in [0.25, 0.3) is 0 Å². The standard InChI is InChI=1S/C12H16ClN3S/c1-3-5-14-11(9-4-6-17-8-9)12-10(13)7-15-16(12)2/h4,6-8,11,14H,3,5H2,1-2H3. The zero-order chi connectivity index (χ0) is 12.3. The third-order valence-corrected chi connectivity index (χ3v) is 3.68. The van der Waals surface area contributed by atoms with Gasteiger partial charge in [0.1, 0.15) is 0 Å². The fraction of sp³-hybridized carbons (Fsp3) is 0.417. The van der Waals surface area contributed by atoms with Gasteiger partial charge in [0.25, 0.3) is 0 Å². The molecule has 17 heavy (non-hydrogen) atoms. The number of hydrogen-bond donors (Lipinski definition) is 1.